The van der Waals surface area contributed by atoms with Crippen LogP contribution < -0.4 is 4.72 Å². The summed E-state index contributed by atoms with van der Waals surface area (Å²) in [7, 11) is -1.90. The Labute approximate surface area is 185 Å². The van der Waals surface area contributed by atoms with Crippen LogP contribution >= 0.6 is 0 Å². The molecule has 6 nitrogen and oxygen atoms in total. The van der Waals surface area contributed by atoms with Crippen LogP contribution in [0, 0.1) is 0 Å². The lowest BCUT2D eigenvalue weighted by Crippen LogP contribution is -2.40. The third-order valence-electron chi connectivity index (χ3n) is 5.76. The van der Waals surface area contributed by atoms with Gasteiger partial charge in [-0.25, -0.2) is 13.1 Å². The first-order valence-corrected chi connectivity index (χ1v) is 12.1. The van der Waals surface area contributed by atoms with Crippen molar-refractivity contribution in [2.45, 2.75) is 56.6 Å². The second kappa shape index (κ2) is 9.51. The van der Waals surface area contributed by atoms with Crippen LogP contribution in [-0.4, -0.2) is 45.5 Å². The summed E-state index contributed by atoms with van der Waals surface area (Å²) < 4.78 is 33.2. The number of hydrogen-bond acceptors (Lipinski definition) is 4. The summed E-state index contributed by atoms with van der Waals surface area (Å²) in [5, 5.41) is 0. The van der Waals surface area contributed by atoms with Gasteiger partial charge in [0.1, 0.15) is 0 Å². The zero-order chi connectivity index (χ0) is 22.6. The van der Waals surface area contributed by atoms with E-state index < -0.39 is 10.0 Å². The van der Waals surface area contributed by atoms with E-state index in [1.54, 1.807) is 43.5 Å². The third-order valence-corrected chi connectivity index (χ3v) is 7.18. The minimum absolute atomic E-state index is 0.000576. The zero-order valence-electron chi connectivity index (χ0n) is 18.7. The molecule has 1 fully saturated rings. The molecule has 0 saturated carbocycles. The van der Waals surface area contributed by atoms with Crippen LogP contribution in [0.1, 0.15) is 55.1 Å². The van der Waals surface area contributed by atoms with Crippen LogP contribution in [0.2, 0.25) is 0 Å². The number of ether oxygens (including phenoxy) is 1. The normalized spacial score (nSPS) is 15.8. The molecule has 0 aliphatic carbocycles. The highest BCUT2D eigenvalue weighted by molar-refractivity contribution is 7.89. The summed E-state index contributed by atoms with van der Waals surface area (Å²) in [6.07, 6.45) is 1.92. The summed E-state index contributed by atoms with van der Waals surface area (Å²) >= 11 is 0. The van der Waals surface area contributed by atoms with E-state index in [0.717, 1.165) is 24.0 Å². The molecular weight excluding hydrogens is 412 g/mol. The SMILES string of the molecule is COC1CCN(C(=O)c2ccc(CNS(=O)(=O)c3ccc(C(C)(C)C)cc3)cc2)CC1. The summed E-state index contributed by atoms with van der Waals surface area (Å²) in [5.41, 5.74) is 2.46. The van der Waals surface area contributed by atoms with Gasteiger partial charge in [0.15, 0.2) is 0 Å². The molecule has 1 N–H and O–H groups in total. The van der Waals surface area contributed by atoms with Crippen molar-refractivity contribution >= 4 is 15.9 Å². The number of carbonyl (C=O) groups is 1. The molecule has 1 aliphatic heterocycles. The molecular formula is C24H32N2O4S. The van der Waals surface area contributed by atoms with Gasteiger partial charge in [0.05, 0.1) is 11.0 Å². The van der Waals surface area contributed by atoms with Gasteiger partial charge in [-0.2, -0.15) is 0 Å². The number of hydrogen-bond donors (Lipinski definition) is 1. The molecule has 3 rings (SSSR count). The number of likely N-dealkylation sites (tertiary alicyclic amines) is 1. The highest BCUT2D eigenvalue weighted by Crippen LogP contribution is 2.23. The number of amides is 1. The van der Waals surface area contributed by atoms with Gasteiger partial charge >= 0.3 is 0 Å². The quantitative estimate of drug-likeness (QED) is 0.737. The minimum atomic E-state index is -3.61. The van der Waals surface area contributed by atoms with Crippen LogP contribution in [-0.2, 0) is 26.7 Å². The van der Waals surface area contributed by atoms with Gasteiger partial charge in [0.25, 0.3) is 5.91 Å². The molecule has 0 atom stereocenters. The molecule has 7 heteroatoms. The fourth-order valence-corrected chi connectivity index (χ4v) is 4.66. The van der Waals surface area contributed by atoms with E-state index in [0.29, 0.717) is 18.7 Å². The average molecular weight is 445 g/mol. The van der Waals surface area contributed by atoms with Gasteiger partial charge in [0.2, 0.25) is 10.0 Å². The van der Waals surface area contributed by atoms with Gasteiger partial charge in [-0.15, -0.1) is 0 Å². The highest BCUT2D eigenvalue weighted by Gasteiger charge is 2.23. The smallest absolute Gasteiger partial charge is 0.253 e. The van der Waals surface area contributed by atoms with Crippen molar-refractivity contribution in [1.82, 2.24) is 9.62 Å². The molecule has 0 bridgehead atoms. The lowest BCUT2D eigenvalue weighted by Gasteiger charge is -2.31. The summed E-state index contributed by atoms with van der Waals surface area (Å²) in [5.74, 6) is 0.000576. The van der Waals surface area contributed by atoms with Gasteiger partial charge in [-0.1, -0.05) is 45.0 Å². The van der Waals surface area contributed by atoms with Crippen molar-refractivity contribution < 1.29 is 17.9 Å². The number of carbonyl (C=O) groups excluding carboxylic acids is 1. The Hall–Kier alpha value is -2.22. The van der Waals surface area contributed by atoms with Gasteiger partial charge < -0.3 is 9.64 Å². The van der Waals surface area contributed by atoms with Crippen LogP contribution in [0.4, 0.5) is 0 Å². The van der Waals surface area contributed by atoms with Crippen LogP contribution in [0.25, 0.3) is 0 Å². The van der Waals surface area contributed by atoms with Crippen molar-refractivity contribution in [3.05, 3.63) is 65.2 Å². The first kappa shape index (κ1) is 23.4. The zero-order valence-corrected chi connectivity index (χ0v) is 19.5. The molecule has 31 heavy (non-hydrogen) atoms. The lowest BCUT2D eigenvalue weighted by molar-refractivity contribution is 0.0351. The van der Waals surface area contributed by atoms with Crippen molar-refractivity contribution in [3.8, 4) is 0 Å². The third kappa shape index (κ3) is 5.93. The van der Waals surface area contributed by atoms with Crippen LogP contribution in [0.5, 0.6) is 0 Å². The summed E-state index contributed by atoms with van der Waals surface area (Å²) in [6, 6.07) is 14.1. The molecule has 1 aliphatic rings. The Kier molecular flexibility index (Phi) is 7.19. The van der Waals surface area contributed by atoms with E-state index in [1.807, 2.05) is 17.0 Å². The lowest BCUT2D eigenvalue weighted by atomic mass is 9.87. The Morgan fingerprint density at radius 1 is 1.03 bits per heavy atom. The van der Waals surface area contributed by atoms with E-state index in [4.69, 9.17) is 4.74 Å². The minimum Gasteiger partial charge on any atom is -0.381 e. The number of piperidine rings is 1. The number of nitrogens with zero attached hydrogens (tertiary/aromatic N) is 1. The predicted octanol–water partition coefficient (Wildman–Crippen LogP) is 3.71. The van der Waals surface area contributed by atoms with Gasteiger partial charge in [-0.05, 0) is 53.6 Å². The maximum atomic E-state index is 12.7. The molecule has 2 aromatic rings. The molecule has 168 valence electrons. The number of nitrogens with one attached hydrogen (secondary N) is 1. The molecule has 0 unspecified atom stereocenters. The van der Waals surface area contributed by atoms with E-state index in [2.05, 4.69) is 25.5 Å². The summed E-state index contributed by atoms with van der Waals surface area (Å²) in [6.45, 7) is 7.80. The number of rotatable bonds is 6. The second-order valence-corrected chi connectivity index (χ2v) is 10.8. The molecule has 1 heterocycles. The van der Waals surface area contributed by atoms with E-state index in [1.165, 1.54) is 0 Å². The Morgan fingerprint density at radius 2 is 1.61 bits per heavy atom. The highest BCUT2D eigenvalue weighted by atomic mass is 32.2. The van der Waals surface area contributed by atoms with Crippen LogP contribution in [0.15, 0.2) is 53.4 Å². The Balaban J connectivity index is 1.59. The van der Waals surface area contributed by atoms with Gasteiger partial charge in [0, 0.05) is 32.3 Å². The van der Waals surface area contributed by atoms with E-state index in [9.17, 15) is 13.2 Å². The number of benzene rings is 2. The fraction of sp³-hybridized carbons (Fsp3) is 0.458. The van der Waals surface area contributed by atoms with Crippen molar-refractivity contribution in [1.29, 1.82) is 0 Å². The second-order valence-electron chi connectivity index (χ2n) is 9.02. The maximum Gasteiger partial charge on any atom is 0.253 e. The van der Waals surface area contributed by atoms with E-state index in [-0.39, 0.29) is 28.9 Å². The molecule has 1 saturated heterocycles. The first-order chi connectivity index (χ1) is 14.6. The Morgan fingerprint density at radius 3 is 2.13 bits per heavy atom. The predicted molar refractivity (Wildman–Crippen MR) is 122 cm³/mol. The molecule has 0 radical (unpaired) electrons. The Bertz CT molecular complexity index is 985. The van der Waals surface area contributed by atoms with Crippen molar-refractivity contribution in [3.63, 3.8) is 0 Å². The van der Waals surface area contributed by atoms with Crippen molar-refractivity contribution in [2.75, 3.05) is 20.2 Å². The first-order valence-electron chi connectivity index (χ1n) is 10.6. The van der Waals surface area contributed by atoms with Crippen molar-refractivity contribution in [2.24, 2.45) is 0 Å². The maximum absolute atomic E-state index is 12.7. The number of methoxy groups -OCH3 is 1. The molecule has 0 aromatic heterocycles. The largest absolute Gasteiger partial charge is 0.381 e. The standard InChI is InChI=1S/C24H32N2O4S/c1-24(2,3)20-9-11-22(12-10-20)31(28,29)25-17-18-5-7-19(8-6-18)23(27)26-15-13-21(30-4)14-16-26/h5-12,21,25H,13-17H2,1-4H3. The van der Waals surface area contributed by atoms with Gasteiger partial charge in [-0.3, -0.25) is 4.79 Å². The van der Waals surface area contributed by atoms with E-state index >= 15 is 0 Å². The fourth-order valence-electron chi connectivity index (χ4n) is 3.64. The molecule has 2 aromatic carbocycles. The monoisotopic (exact) mass is 444 g/mol. The summed E-state index contributed by atoms with van der Waals surface area (Å²) in [4.78, 5) is 14.8. The average Bonchev–Trinajstić information content (AvgIpc) is 2.77. The molecule has 1 amide bonds. The molecule has 0 spiro atoms. The van der Waals surface area contributed by atoms with Crippen LogP contribution in [0.3, 0.4) is 0 Å². The number of sulfonamides is 1. The topological polar surface area (TPSA) is 75.7 Å².